The van der Waals surface area contributed by atoms with E-state index in [2.05, 4.69) is 26.3 Å². The molecule has 0 atom stereocenters. The molecule has 2 aromatic heterocycles. The summed E-state index contributed by atoms with van der Waals surface area (Å²) in [4.78, 5) is 15.7. The fourth-order valence-corrected chi connectivity index (χ4v) is 3.71. The molecule has 0 aliphatic carbocycles. The highest BCUT2D eigenvalue weighted by atomic mass is 35.5. The number of aryl methyl sites for hydroxylation is 1. The Labute approximate surface area is 177 Å². The Kier molecular flexibility index (Phi) is 5.51. The number of carbonyl (C=O) groups excluding carboxylic acids is 1. The maximum absolute atomic E-state index is 11.2. The van der Waals surface area contributed by atoms with Crippen molar-refractivity contribution in [2.24, 2.45) is 0 Å². The standard InChI is InChI=1S/C21H18ClN5OS/c1-13-6-15(17-10-23-27(11-17)19-5-3-4-18(22)9-19)8-16(7-13)20-24-21(26-25-20)29-12-14(2)28/h3-11H,12H2,1-2H3,(H,24,25,26). The zero-order valence-corrected chi connectivity index (χ0v) is 17.5. The van der Waals surface area contributed by atoms with Crippen molar-refractivity contribution in [2.45, 2.75) is 19.0 Å². The Morgan fingerprint density at radius 1 is 1.17 bits per heavy atom. The van der Waals surface area contributed by atoms with Gasteiger partial charge in [0.1, 0.15) is 5.78 Å². The Bertz CT molecular complexity index is 1180. The summed E-state index contributed by atoms with van der Waals surface area (Å²) in [6.45, 7) is 3.59. The lowest BCUT2D eigenvalue weighted by atomic mass is 10.0. The van der Waals surface area contributed by atoms with Crippen LogP contribution in [0.2, 0.25) is 5.02 Å². The van der Waals surface area contributed by atoms with Crippen molar-refractivity contribution in [3.8, 4) is 28.2 Å². The number of benzene rings is 2. The van der Waals surface area contributed by atoms with Gasteiger partial charge >= 0.3 is 0 Å². The number of aromatic amines is 1. The van der Waals surface area contributed by atoms with Gasteiger partial charge in [0.05, 0.1) is 17.6 Å². The van der Waals surface area contributed by atoms with E-state index in [1.165, 1.54) is 11.8 Å². The van der Waals surface area contributed by atoms with Crippen molar-refractivity contribution in [1.82, 2.24) is 25.0 Å². The number of nitrogens with zero attached hydrogens (tertiary/aromatic N) is 4. The highest BCUT2D eigenvalue weighted by Gasteiger charge is 2.11. The van der Waals surface area contributed by atoms with Crippen molar-refractivity contribution >= 4 is 29.1 Å². The normalized spacial score (nSPS) is 11.0. The van der Waals surface area contributed by atoms with Crippen molar-refractivity contribution in [1.29, 1.82) is 0 Å². The molecule has 29 heavy (non-hydrogen) atoms. The summed E-state index contributed by atoms with van der Waals surface area (Å²) < 4.78 is 1.80. The first-order valence-corrected chi connectivity index (χ1v) is 10.3. The molecular weight excluding hydrogens is 406 g/mol. The van der Waals surface area contributed by atoms with Crippen LogP contribution in [0.4, 0.5) is 0 Å². The highest BCUT2D eigenvalue weighted by molar-refractivity contribution is 7.99. The number of aromatic nitrogens is 5. The van der Waals surface area contributed by atoms with Gasteiger partial charge in [-0.05, 0) is 55.3 Å². The van der Waals surface area contributed by atoms with E-state index in [9.17, 15) is 4.79 Å². The second-order valence-electron chi connectivity index (χ2n) is 6.70. The van der Waals surface area contributed by atoms with Crippen LogP contribution in [0, 0.1) is 6.92 Å². The minimum absolute atomic E-state index is 0.0934. The van der Waals surface area contributed by atoms with E-state index in [0.29, 0.717) is 21.8 Å². The average Bonchev–Trinajstić information content (AvgIpc) is 3.36. The van der Waals surface area contributed by atoms with Gasteiger partial charge in [0.15, 0.2) is 5.82 Å². The molecule has 2 heterocycles. The Morgan fingerprint density at radius 3 is 2.79 bits per heavy atom. The molecule has 6 nitrogen and oxygen atoms in total. The van der Waals surface area contributed by atoms with E-state index in [1.54, 1.807) is 11.6 Å². The number of rotatable bonds is 6. The van der Waals surface area contributed by atoms with Crippen LogP contribution in [0.15, 0.2) is 60.0 Å². The van der Waals surface area contributed by atoms with Crippen molar-refractivity contribution in [3.63, 3.8) is 0 Å². The maximum atomic E-state index is 11.2. The average molecular weight is 424 g/mol. The second-order valence-corrected chi connectivity index (χ2v) is 8.08. The lowest BCUT2D eigenvalue weighted by Crippen LogP contribution is -1.93. The van der Waals surface area contributed by atoms with Crippen LogP contribution in [-0.4, -0.2) is 36.5 Å². The number of nitrogens with one attached hydrogen (secondary N) is 1. The number of thioether (sulfide) groups is 1. The molecule has 146 valence electrons. The Hall–Kier alpha value is -2.90. The van der Waals surface area contributed by atoms with Crippen LogP contribution in [-0.2, 0) is 4.79 Å². The molecule has 1 N–H and O–H groups in total. The third-order valence-corrected chi connectivity index (χ3v) is 5.44. The van der Waals surface area contributed by atoms with Crippen LogP contribution in [0.25, 0.3) is 28.2 Å². The molecule has 4 rings (SSSR count). The fraction of sp³-hybridized carbons (Fsp3) is 0.143. The minimum Gasteiger partial charge on any atom is -0.299 e. The first-order valence-electron chi connectivity index (χ1n) is 8.95. The summed E-state index contributed by atoms with van der Waals surface area (Å²) in [5.41, 5.74) is 4.95. The molecule has 0 unspecified atom stereocenters. The molecule has 0 aliphatic rings. The molecule has 0 amide bonds. The molecule has 8 heteroatoms. The van der Waals surface area contributed by atoms with Crippen molar-refractivity contribution in [2.75, 3.05) is 5.75 Å². The number of hydrogen-bond acceptors (Lipinski definition) is 5. The Morgan fingerprint density at radius 2 is 2.00 bits per heavy atom. The largest absolute Gasteiger partial charge is 0.299 e. The van der Waals surface area contributed by atoms with E-state index in [0.717, 1.165) is 27.9 Å². The predicted molar refractivity (Wildman–Crippen MR) is 116 cm³/mol. The molecule has 0 spiro atoms. The molecule has 0 radical (unpaired) electrons. The highest BCUT2D eigenvalue weighted by Crippen LogP contribution is 2.28. The summed E-state index contributed by atoms with van der Waals surface area (Å²) in [6, 6.07) is 13.8. The van der Waals surface area contributed by atoms with Gasteiger partial charge in [-0.3, -0.25) is 9.89 Å². The number of halogens is 1. The van der Waals surface area contributed by atoms with Gasteiger partial charge in [0.2, 0.25) is 5.16 Å². The predicted octanol–water partition coefficient (Wildman–Crippen LogP) is 4.97. The number of Topliss-reactive ketones (excluding diaryl/α,β-unsaturated/α-hetero) is 1. The van der Waals surface area contributed by atoms with E-state index >= 15 is 0 Å². The zero-order valence-electron chi connectivity index (χ0n) is 15.9. The SMILES string of the molecule is CC(=O)CSc1n[nH]c(-c2cc(C)cc(-c3cnn(-c4cccc(Cl)c4)c3)c2)n1. The fourth-order valence-electron chi connectivity index (χ4n) is 2.92. The Balaban J connectivity index is 1.63. The molecule has 2 aromatic carbocycles. The lowest BCUT2D eigenvalue weighted by Gasteiger charge is -2.04. The van der Waals surface area contributed by atoms with Gasteiger partial charge in [0.25, 0.3) is 0 Å². The van der Waals surface area contributed by atoms with Gasteiger partial charge in [0, 0.05) is 22.3 Å². The smallest absolute Gasteiger partial charge is 0.209 e. The summed E-state index contributed by atoms with van der Waals surface area (Å²) in [5.74, 6) is 1.12. The molecular formula is C21H18ClN5OS. The topological polar surface area (TPSA) is 76.5 Å². The summed E-state index contributed by atoms with van der Waals surface area (Å²) >= 11 is 7.42. The molecule has 4 aromatic rings. The van der Waals surface area contributed by atoms with Crippen LogP contribution in [0.1, 0.15) is 12.5 Å². The van der Waals surface area contributed by atoms with Crippen molar-refractivity contribution < 1.29 is 4.79 Å². The van der Waals surface area contributed by atoms with Gasteiger partial charge in [-0.25, -0.2) is 9.67 Å². The van der Waals surface area contributed by atoms with Gasteiger partial charge in [-0.1, -0.05) is 35.5 Å². The van der Waals surface area contributed by atoms with Gasteiger partial charge in [-0.15, -0.1) is 5.10 Å². The number of hydrogen-bond donors (Lipinski definition) is 1. The summed E-state index contributed by atoms with van der Waals surface area (Å²) in [5, 5.41) is 12.9. The van der Waals surface area contributed by atoms with Crippen LogP contribution >= 0.6 is 23.4 Å². The molecule has 0 saturated heterocycles. The van der Waals surface area contributed by atoms with E-state index in [4.69, 9.17) is 11.6 Å². The quantitative estimate of drug-likeness (QED) is 0.443. The number of ketones is 1. The van der Waals surface area contributed by atoms with Crippen LogP contribution < -0.4 is 0 Å². The molecule has 0 saturated carbocycles. The molecule has 0 aliphatic heterocycles. The third-order valence-electron chi connectivity index (χ3n) is 4.21. The van der Waals surface area contributed by atoms with Crippen molar-refractivity contribution in [3.05, 3.63) is 65.4 Å². The number of carbonyl (C=O) groups is 1. The molecule has 0 bridgehead atoms. The first kappa shape index (κ1) is 19.4. The van der Waals surface area contributed by atoms with Crippen LogP contribution in [0.3, 0.4) is 0 Å². The lowest BCUT2D eigenvalue weighted by molar-refractivity contribution is -0.114. The minimum atomic E-state index is 0.0934. The first-order chi connectivity index (χ1) is 14.0. The van der Waals surface area contributed by atoms with E-state index in [-0.39, 0.29) is 5.78 Å². The van der Waals surface area contributed by atoms with Gasteiger partial charge in [-0.2, -0.15) is 5.10 Å². The van der Waals surface area contributed by atoms with E-state index < -0.39 is 0 Å². The van der Waals surface area contributed by atoms with Gasteiger partial charge < -0.3 is 0 Å². The molecule has 0 fully saturated rings. The maximum Gasteiger partial charge on any atom is 0.209 e. The summed E-state index contributed by atoms with van der Waals surface area (Å²) in [6.07, 6.45) is 3.80. The van der Waals surface area contributed by atoms with E-state index in [1.807, 2.05) is 55.7 Å². The number of H-pyrrole nitrogens is 1. The summed E-state index contributed by atoms with van der Waals surface area (Å²) in [7, 11) is 0. The van der Waals surface area contributed by atoms with Crippen LogP contribution in [0.5, 0.6) is 0 Å². The zero-order chi connectivity index (χ0) is 20.4. The monoisotopic (exact) mass is 423 g/mol. The third kappa shape index (κ3) is 4.58. The second kappa shape index (κ2) is 8.23.